The second-order valence-electron chi connectivity index (χ2n) is 5.22. The fourth-order valence-corrected chi connectivity index (χ4v) is 3.27. The van der Waals surface area contributed by atoms with Gasteiger partial charge in [-0.05, 0) is 50.7 Å². The zero-order valence-corrected chi connectivity index (χ0v) is 13.5. The molecule has 2 aliphatic rings. The number of nitrogens with zero attached hydrogens (tertiary/aromatic N) is 1. The predicted octanol–water partition coefficient (Wildman–Crippen LogP) is 5.38. The van der Waals surface area contributed by atoms with Gasteiger partial charge in [0.2, 0.25) is 0 Å². The van der Waals surface area contributed by atoms with Crippen LogP contribution in [-0.4, -0.2) is 15.9 Å². The molecular weight excluding hydrogens is 326 g/mol. The maximum Gasteiger partial charge on any atom is 0.138 e. The first kappa shape index (κ1) is 15.1. The Hall–Kier alpha value is -0.280. The minimum absolute atomic E-state index is 0.392. The molecule has 0 aromatic carbocycles. The highest BCUT2D eigenvalue weighted by Crippen LogP contribution is 2.24. The van der Waals surface area contributed by atoms with E-state index >= 15 is 0 Å². The van der Waals surface area contributed by atoms with Crippen LogP contribution in [0.3, 0.4) is 0 Å². The Morgan fingerprint density at radius 1 is 1.05 bits per heavy atom. The van der Waals surface area contributed by atoms with E-state index in [1.807, 2.05) is 6.07 Å². The second kappa shape index (κ2) is 8.11. The lowest BCUT2D eigenvalue weighted by molar-refractivity contribution is 0.209. The summed E-state index contributed by atoms with van der Waals surface area (Å²) in [6.07, 6.45) is 12.7. The lowest BCUT2D eigenvalue weighted by Gasteiger charge is -2.11. The van der Waals surface area contributed by atoms with Gasteiger partial charge in [-0.25, -0.2) is 4.98 Å². The molecule has 0 saturated heterocycles. The van der Waals surface area contributed by atoms with Crippen molar-refractivity contribution in [3.63, 3.8) is 0 Å². The Labute approximate surface area is 129 Å². The normalized spacial score (nSPS) is 20.1. The first-order valence-electron chi connectivity index (χ1n) is 7.16. The van der Waals surface area contributed by atoms with Crippen LogP contribution in [0.15, 0.2) is 18.3 Å². The summed E-state index contributed by atoms with van der Waals surface area (Å²) in [4.78, 5) is 4.82. The zero-order valence-electron chi connectivity index (χ0n) is 11.2. The van der Waals surface area contributed by atoms with Crippen LogP contribution in [0.1, 0.15) is 51.4 Å². The van der Waals surface area contributed by atoms with Crippen molar-refractivity contribution in [1.29, 1.82) is 0 Å². The number of hydrogen-bond donors (Lipinski definition) is 0. The summed E-state index contributed by atoms with van der Waals surface area (Å²) in [6.45, 7) is 0. The van der Waals surface area contributed by atoms with Crippen molar-refractivity contribution in [3.05, 3.63) is 23.5 Å². The fraction of sp³-hybridized carbons (Fsp3) is 0.667. The van der Waals surface area contributed by atoms with Gasteiger partial charge >= 0.3 is 0 Å². The van der Waals surface area contributed by atoms with Crippen molar-refractivity contribution in [2.75, 3.05) is 0 Å². The maximum absolute atomic E-state index is 5.71. The number of hydrogen-bond acceptors (Lipinski definition) is 2. The third-order valence-corrected chi connectivity index (χ3v) is 4.73. The monoisotopic (exact) mass is 345 g/mol. The Morgan fingerprint density at radius 3 is 2.16 bits per heavy atom. The SMILES string of the molecule is BrC1CCCC1.Clc1ccc(OC2CCCC2)cn1. The molecule has 2 nitrogen and oxygen atoms in total. The van der Waals surface area contributed by atoms with Gasteiger partial charge in [0.05, 0.1) is 12.3 Å². The molecule has 0 bridgehead atoms. The summed E-state index contributed by atoms with van der Waals surface area (Å²) in [5, 5.41) is 0.513. The van der Waals surface area contributed by atoms with Gasteiger partial charge in [-0.3, -0.25) is 0 Å². The lowest BCUT2D eigenvalue weighted by Crippen LogP contribution is -2.10. The third-order valence-electron chi connectivity index (χ3n) is 3.59. The molecule has 4 heteroatoms. The van der Waals surface area contributed by atoms with Crippen molar-refractivity contribution < 1.29 is 4.74 Å². The summed E-state index contributed by atoms with van der Waals surface area (Å²) in [5.74, 6) is 0.830. The summed E-state index contributed by atoms with van der Waals surface area (Å²) in [6, 6.07) is 3.62. The molecule has 0 atom stereocenters. The molecule has 1 aromatic heterocycles. The smallest absolute Gasteiger partial charge is 0.138 e. The van der Waals surface area contributed by atoms with E-state index in [-0.39, 0.29) is 0 Å². The first-order chi connectivity index (χ1) is 9.24. The van der Waals surface area contributed by atoms with Crippen LogP contribution in [0.2, 0.25) is 5.15 Å². The van der Waals surface area contributed by atoms with Gasteiger partial charge in [-0.2, -0.15) is 0 Å². The van der Waals surface area contributed by atoms with Gasteiger partial charge in [0, 0.05) is 4.83 Å². The van der Waals surface area contributed by atoms with Crippen molar-refractivity contribution in [2.45, 2.75) is 62.3 Å². The number of rotatable bonds is 2. The lowest BCUT2D eigenvalue weighted by atomic mass is 10.3. The highest BCUT2D eigenvalue weighted by molar-refractivity contribution is 9.09. The summed E-state index contributed by atoms with van der Waals surface area (Å²) >= 11 is 9.20. The van der Waals surface area contributed by atoms with Crippen LogP contribution in [0.25, 0.3) is 0 Å². The predicted molar refractivity (Wildman–Crippen MR) is 83.3 cm³/mol. The second-order valence-corrected chi connectivity index (χ2v) is 6.90. The van der Waals surface area contributed by atoms with Crippen molar-refractivity contribution >= 4 is 27.5 Å². The van der Waals surface area contributed by atoms with Crippen LogP contribution in [0, 0.1) is 0 Å². The standard InChI is InChI=1S/C10H12ClNO.C5H9Br/c11-10-6-5-9(7-12-10)13-8-3-1-2-4-8;6-5-3-1-2-4-5/h5-8H,1-4H2;5H,1-4H2. The van der Waals surface area contributed by atoms with Gasteiger partial charge in [0.25, 0.3) is 0 Å². The van der Waals surface area contributed by atoms with E-state index in [1.54, 1.807) is 12.3 Å². The van der Waals surface area contributed by atoms with Crippen LogP contribution in [0.4, 0.5) is 0 Å². The number of alkyl halides is 1. The molecular formula is C15H21BrClNO. The van der Waals surface area contributed by atoms with E-state index in [9.17, 15) is 0 Å². The average molecular weight is 347 g/mol. The quantitative estimate of drug-likeness (QED) is 0.530. The van der Waals surface area contributed by atoms with Crippen molar-refractivity contribution in [2.24, 2.45) is 0 Å². The molecule has 0 unspecified atom stereocenters. The summed E-state index contributed by atoms with van der Waals surface area (Å²) < 4.78 is 5.71. The average Bonchev–Trinajstić information content (AvgIpc) is 3.07. The van der Waals surface area contributed by atoms with Gasteiger partial charge in [0.1, 0.15) is 10.9 Å². The summed E-state index contributed by atoms with van der Waals surface area (Å²) in [7, 11) is 0. The largest absolute Gasteiger partial charge is 0.489 e. The number of aromatic nitrogens is 1. The molecule has 106 valence electrons. The van der Waals surface area contributed by atoms with E-state index in [0.29, 0.717) is 11.3 Å². The molecule has 0 amide bonds. The van der Waals surface area contributed by atoms with Gasteiger partial charge in [-0.15, -0.1) is 0 Å². The molecule has 1 aromatic rings. The molecule has 19 heavy (non-hydrogen) atoms. The molecule has 0 N–H and O–H groups in total. The Bertz CT molecular complexity index is 359. The van der Waals surface area contributed by atoms with E-state index in [2.05, 4.69) is 20.9 Å². The van der Waals surface area contributed by atoms with Crippen LogP contribution < -0.4 is 4.74 Å². The Kier molecular flexibility index (Phi) is 6.45. The molecule has 2 aliphatic carbocycles. The summed E-state index contributed by atoms with van der Waals surface area (Å²) in [5.41, 5.74) is 0. The van der Waals surface area contributed by atoms with E-state index in [4.69, 9.17) is 16.3 Å². The third kappa shape index (κ3) is 5.70. The fourth-order valence-electron chi connectivity index (χ4n) is 2.51. The Morgan fingerprint density at radius 2 is 1.68 bits per heavy atom. The highest BCUT2D eigenvalue weighted by Gasteiger charge is 2.16. The number of halogens is 2. The molecule has 0 spiro atoms. The highest BCUT2D eigenvalue weighted by atomic mass is 79.9. The first-order valence-corrected chi connectivity index (χ1v) is 8.45. The van der Waals surface area contributed by atoms with E-state index < -0.39 is 0 Å². The van der Waals surface area contributed by atoms with Gasteiger partial charge < -0.3 is 4.74 Å². The minimum Gasteiger partial charge on any atom is -0.489 e. The molecule has 2 fully saturated rings. The van der Waals surface area contributed by atoms with Crippen molar-refractivity contribution in [3.8, 4) is 5.75 Å². The van der Waals surface area contributed by atoms with E-state index in [0.717, 1.165) is 10.6 Å². The molecule has 0 radical (unpaired) electrons. The van der Waals surface area contributed by atoms with Gasteiger partial charge in [0.15, 0.2) is 0 Å². The molecule has 1 heterocycles. The molecule has 2 saturated carbocycles. The Balaban J connectivity index is 0.000000186. The zero-order chi connectivity index (χ0) is 13.5. The number of pyridine rings is 1. The minimum atomic E-state index is 0.392. The molecule has 3 rings (SSSR count). The number of ether oxygens (including phenoxy) is 1. The van der Waals surface area contributed by atoms with E-state index in [1.165, 1.54) is 51.4 Å². The van der Waals surface area contributed by atoms with Crippen LogP contribution in [0.5, 0.6) is 5.75 Å². The van der Waals surface area contributed by atoms with Crippen molar-refractivity contribution in [1.82, 2.24) is 4.98 Å². The van der Waals surface area contributed by atoms with Crippen LogP contribution >= 0.6 is 27.5 Å². The van der Waals surface area contributed by atoms with Crippen LogP contribution in [-0.2, 0) is 0 Å². The molecule has 0 aliphatic heterocycles. The van der Waals surface area contributed by atoms with Gasteiger partial charge in [-0.1, -0.05) is 40.4 Å². The topological polar surface area (TPSA) is 22.1 Å². The maximum atomic E-state index is 5.71.